The van der Waals surface area contributed by atoms with Gasteiger partial charge in [-0.25, -0.2) is 4.98 Å². The Morgan fingerprint density at radius 3 is 2.68 bits per heavy atom. The van der Waals surface area contributed by atoms with Gasteiger partial charge in [0.15, 0.2) is 0 Å². The van der Waals surface area contributed by atoms with Crippen LogP contribution in [0.4, 0.5) is 0 Å². The number of nitrogens with one attached hydrogen (secondary N) is 1. The van der Waals surface area contributed by atoms with Crippen LogP contribution in [0.1, 0.15) is 22.2 Å². The van der Waals surface area contributed by atoms with E-state index in [9.17, 15) is 4.79 Å². The highest BCUT2D eigenvalue weighted by atomic mass is 35.5. The molecule has 3 nitrogen and oxygen atoms in total. The number of aromatic nitrogens is 1. The Morgan fingerprint density at radius 1 is 1.42 bits per heavy atom. The monoisotopic (exact) mass is 314 g/mol. The van der Waals surface area contributed by atoms with E-state index in [-0.39, 0.29) is 22.3 Å². The third-order valence-corrected chi connectivity index (χ3v) is 3.78. The number of hydrogen-bond donors (Lipinski definition) is 1. The summed E-state index contributed by atoms with van der Waals surface area (Å²) in [5.74, 6) is -0.199. The average molecular weight is 315 g/mol. The molecule has 0 aliphatic heterocycles. The molecule has 0 spiro atoms. The Bertz CT molecular complexity index is 552. The lowest BCUT2D eigenvalue weighted by Gasteiger charge is -2.13. The van der Waals surface area contributed by atoms with E-state index >= 15 is 0 Å². The van der Waals surface area contributed by atoms with Crippen molar-refractivity contribution in [3.8, 4) is 0 Å². The number of amides is 1. The third kappa shape index (κ3) is 4.20. The second-order valence-corrected chi connectivity index (χ2v) is 5.97. The number of pyridine rings is 1. The van der Waals surface area contributed by atoms with Crippen molar-refractivity contribution in [3.63, 3.8) is 0 Å². The van der Waals surface area contributed by atoms with Gasteiger partial charge in [-0.05, 0) is 30.5 Å². The molecule has 2 rings (SSSR count). The number of nitrogens with zero attached hydrogens (tertiary/aromatic N) is 1. The number of carbonyl (C=O) groups excluding carboxylic acids is 1. The number of hydrogen-bond acceptors (Lipinski definition) is 3. The molecule has 0 saturated heterocycles. The van der Waals surface area contributed by atoms with Crippen molar-refractivity contribution < 1.29 is 4.79 Å². The summed E-state index contributed by atoms with van der Waals surface area (Å²) in [4.78, 5) is 17.1. The van der Waals surface area contributed by atoms with E-state index in [1.807, 2.05) is 24.4 Å². The fourth-order valence-electron chi connectivity index (χ4n) is 1.68. The number of carbonyl (C=O) groups is 1. The maximum Gasteiger partial charge on any atom is 0.251 e. The van der Waals surface area contributed by atoms with Gasteiger partial charge in [0.1, 0.15) is 10.3 Å². The predicted molar refractivity (Wildman–Crippen MR) is 79.2 cm³/mol. The molecule has 0 aliphatic rings. The predicted octanol–water partition coefficient (Wildman–Crippen LogP) is 3.81. The van der Waals surface area contributed by atoms with E-state index < -0.39 is 0 Å². The SMILES string of the molecule is CC(Cc1cccs1)NC(=O)c1cc(Cl)nc(Cl)c1. The topological polar surface area (TPSA) is 42.0 Å². The van der Waals surface area contributed by atoms with E-state index in [4.69, 9.17) is 23.2 Å². The number of halogens is 2. The minimum atomic E-state index is -0.199. The van der Waals surface area contributed by atoms with Crippen molar-refractivity contribution in [1.82, 2.24) is 10.3 Å². The highest BCUT2D eigenvalue weighted by Gasteiger charge is 2.12. The third-order valence-electron chi connectivity index (χ3n) is 2.49. The zero-order valence-corrected chi connectivity index (χ0v) is 12.5. The average Bonchev–Trinajstić information content (AvgIpc) is 2.80. The second-order valence-electron chi connectivity index (χ2n) is 4.16. The van der Waals surface area contributed by atoms with Gasteiger partial charge in [-0.3, -0.25) is 4.79 Å². The molecule has 0 fully saturated rings. The van der Waals surface area contributed by atoms with Gasteiger partial charge in [0.05, 0.1) is 0 Å². The Balaban J connectivity index is 2.00. The zero-order valence-electron chi connectivity index (χ0n) is 10.2. The van der Waals surface area contributed by atoms with Crippen LogP contribution in [-0.2, 0) is 6.42 Å². The van der Waals surface area contributed by atoms with Crippen molar-refractivity contribution >= 4 is 40.4 Å². The summed E-state index contributed by atoms with van der Waals surface area (Å²) in [5, 5.41) is 5.35. The Morgan fingerprint density at radius 2 is 2.11 bits per heavy atom. The van der Waals surface area contributed by atoms with Crippen LogP contribution >= 0.6 is 34.5 Å². The maximum absolute atomic E-state index is 12.0. The van der Waals surface area contributed by atoms with Gasteiger partial charge in [0.2, 0.25) is 0 Å². The standard InChI is InChI=1S/C13H12Cl2N2OS/c1-8(5-10-3-2-4-19-10)16-13(18)9-6-11(14)17-12(15)7-9/h2-4,6-8H,5H2,1H3,(H,16,18). The van der Waals surface area contributed by atoms with Crippen LogP contribution in [0.3, 0.4) is 0 Å². The molecule has 1 N–H and O–H groups in total. The lowest BCUT2D eigenvalue weighted by Crippen LogP contribution is -2.33. The fraction of sp³-hybridized carbons (Fsp3) is 0.231. The fourth-order valence-corrected chi connectivity index (χ4v) is 2.98. The zero-order chi connectivity index (χ0) is 13.8. The van der Waals surface area contributed by atoms with Crippen molar-refractivity contribution in [2.24, 2.45) is 0 Å². The van der Waals surface area contributed by atoms with Gasteiger partial charge in [-0.1, -0.05) is 29.3 Å². The molecule has 100 valence electrons. The molecule has 1 amide bonds. The van der Waals surface area contributed by atoms with Crippen LogP contribution < -0.4 is 5.32 Å². The molecule has 0 saturated carbocycles. The number of rotatable bonds is 4. The second kappa shape index (κ2) is 6.37. The molecule has 1 unspecified atom stereocenters. The Hall–Kier alpha value is -1.10. The minimum absolute atomic E-state index is 0.0388. The van der Waals surface area contributed by atoms with Gasteiger partial charge in [-0.15, -0.1) is 11.3 Å². The van der Waals surface area contributed by atoms with Crippen molar-refractivity contribution in [1.29, 1.82) is 0 Å². The normalized spacial score (nSPS) is 12.2. The Labute approximate surface area is 125 Å². The van der Waals surface area contributed by atoms with Gasteiger partial charge in [0.25, 0.3) is 5.91 Å². The van der Waals surface area contributed by atoms with E-state index in [1.54, 1.807) is 11.3 Å². The summed E-state index contributed by atoms with van der Waals surface area (Å²) >= 11 is 13.2. The van der Waals surface area contributed by atoms with Gasteiger partial charge in [-0.2, -0.15) is 0 Å². The van der Waals surface area contributed by atoms with Crippen LogP contribution in [-0.4, -0.2) is 16.9 Å². The molecular weight excluding hydrogens is 303 g/mol. The first-order valence-corrected chi connectivity index (χ1v) is 7.34. The summed E-state index contributed by atoms with van der Waals surface area (Å²) in [7, 11) is 0. The lowest BCUT2D eigenvalue weighted by atomic mass is 10.2. The van der Waals surface area contributed by atoms with Crippen LogP contribution in [0.2, 0.25) is 10.3 Å². The molecule has 0 radical (unpaired) electrons. The molecule has 0 bridgehead atoms. The molecule has 1 atom stereocenters. The molecule has 0 aromatic carbocycles. The summed E-state index contributed by atoms with van der Waals surface area (Å²) in [6.07, 6.45) is 0.802. The smallest absolute Gasteiger partial charge is 0.251 e. The van der Waals surface area contributed by atoms with E-state index in [0.29, 0.717) is 5.56 Å². The highest BCUT2D eigenvalue weighted by Crippen LogP contribution is 2.15. The highest BCUT2D eigenvalue weighted by molar-refractivity contribution is 7.09. The summed E-state index contributed by atoms with van der Waals surface area (Å²) in [6.45, 7) is 1.96. The number of thiophene rings is 1. The molecule has 0 aliphatic carbocycles. The van der Waals surface area contributed by atoms with Crippen LogP contribution in [0, 0.1) is 0 Å². The molecule has 2 aromatic rings. The van der Waals surface area contributed by atoms with Crippen molar-refractivity contribution in [3.05, 3.63) is 50.4 Å². The molecule has 6 heteroatoms. The molecule has 2 aromatic heterocycles. The minimum Gasteiger partial charge on any atom is -0.349 e. The van der Waals surface area contributed by atoms with E-state index in [2.05, 4.69) is 10.3 Å². The molecule has 19 heavy (non-hydrogen) atoms. The van der Waals surface area contributed by atoms with Crippen molar-refractivity contribution in [2.75, 3.05) is 0 Å². The van der Waals surface area contributed by atoms with Crippen LogP contribution in [0.5, 0.6) is 0 Å². The first-order valence-electron chi connectivity index (χ1n) is 5.71. The van der Waals surface area contributed by atoms with Crippen molar-refractivity contribution in [2.45, 2.75) is 19.4 Å². The Kier molecular flexibility index (Phi) is 4.80. The van der Waals surface area contributed by atoms with Gasteiger partial charge >= 0.3 is 0 Å². The largest absolute Gasteiger partial charge is 0.349 e. The van der Waals surface area contributed by atoms with Crippen LogP contribution in [0.25, 0.3) is 0 Å². The quantitative estimate of drug-likeness (QED) is 0.872. The molecular formula is C13H12Cl2N2OS. The lowest BCUT2D eigenvalue weighted by molar-refractivity contribution is 0.0940. The van der Waals surface area contributed by atoms with Gasteiger partial charge in [0, 0.05) is 22.9 Å². The first kappa shape index (κ1) is 14.3. The summed E-state index contributed by atoms with van der Waals surface area (Å²) in [6, 6.07) is 7.09. The summed E-state index contributed by atoms with van der Waals surface area (Å²) < 4.78 is 0. The molecule has 2 heterocycles. The first-order chi connectivity index (χ1) is 9.04. The van der Waals surface area contributed by atoms with Crippen LogP contribution in [0.15, 0.2) is 29.6 Å². The maximum atomic E-state index is 12.0. The van der Waals surface area contributed by atoms with Gasteiger partial charge < -0.3 is 5.32 Å². The van der Waals surface area contributed by atoms with E-state index in [1.165, 1.54) is 17.0 Å². The summed E-state index contributed by atoms with van der Waals surface area (Å²) in [5.41, 5.74) is 0.419. The van der Waals surface area contributed by atoms with E-state index in [0.717, 1.165) is 6.42 Å².